The molecule has 128 valence electrons. The minimum atomic E-state index is -0.0368. The lowest BCUT2D eigenvalue weighted by Gasteiger charge is -2.20. The maximum atomic E-state index is 12.2. The molecule has 0 spiro atoms. The average molecular weight is 370 g/mol. The first-order valence-corrected chi connectivity index (χ1v) is 9.77. The van der Waals surface area contributed by atoms with Crippen molar-refractivity contribution in [2.45, 2.75) is 31.6 Å². The van der Waals surface area contributed by atoms with E-state index in [-0.39, 0.29) is 5.91 Å². The molecule has 1 aromatic carbocycles. The van der Waals surface area contributed by atoms with E-state index >= 15 is 0 Å². The van der Waals surface area contributed by atoms with Crippen molar-refractivity contribution in [3.8, 4) is 0 Å². The Morgan fingerprint density at radius 1 is 1.24 bits per heavy atom. The van der Waals surface area contributed by atoms with Gasteiger partial charge in [-0.3, -0.25) is 9.69 Å². The molecule has 0 aliphatic carbocycles. The fourth-order valence-electron chi connectivity index (χ4n) is 2.51. The van der Waals surface area contributed by atoms with Crippen molar-refractivity contribution in [2.24, 2.45) is 0 Å². The molecule has 4 nitrogen and oxygen atoms in total. The highest BCUT2D eigenvalue weighted by atomic mass is 32.2. The van der Waals surface area contributed by atoms with Crippen LogP contribution >= 0.6 is 23.1 Å². The summed E-state index contributed by atoms with van der Waals surface area (Å²) in [5.74, 6) is 0.691. The van der Waals surface area contributed by atoms with Gasteiger partial charge in [0.25, 0.3) is 0 Å². The number of benzene rings is 1. The number of amides is 1. The molecule has 3 rings (SSSR count). The van der Waals surface area contributed by atoms with Crippen LogP contribution in [0.2, 0.25) is 0 Å². The van der Waals surface area contributed by atoms with E-state index in [0.29, 0.717) is 5.13 Å². The molecule has 3 aromatic rings. The highest BCUT2D eigenvalue weighted by Gasteiger charge is 2.19. The van der Waals surface area contributed by atoms with Gasteiger partial charge in [-0.2, -0.15) is 0 Å². The number of anilines is 2. The lowest BCUT2D eigenvalue weighted by atomic mass is 10.1. The number of hydrogen-bond acceptors (Lipinski definition) is 5. The van der Waals surface area contributed by atoms with Crippen LogP contribution in [0.25, 0.3) is 0 Å². The molecule has 25 heavy (non-hydrogen) atoms. The number of thiazole rings is 1. The highest BCUT2D eigenvalue weighted by Crippen LogP contribution is 2.33. The average Bonchev–Trinajstić information content (AvgIpc) is 3.04. The Morgan fingerprint density at radius 2 is 2.08 bits per heavy atom. The van der Waals surface area contributed by atoms with E-state index in [2.05, 4.69) is 16.0 Å². The molecule has 0 radical (unpaired) electrons. The largest absolute Gasteiger partial charge is 0.274 e. The van der Waals surface area contributed by atoms with E-state index in [4.69, 9.17) is 0 Å². The van der Waals surface area contributed by atoms with Crippen LogP contribution < -0.4 is 4.90 Å². The number of aryl methyl sites for hydroxylation is 2. The zero-order valence-corrected chi connectivity index (χ0v) is 16.0. The molecule has 0 saturated carbocycles. The summed E-state index contributed by atoms with van der Waals surface area (Å²) in [5, 5.41) is 3.68. The number of pyridine rings is 1. The smallest absolute Gasteiger partial charge is 0.230 e. The second kappa shape index (κ2) is 7.80. The SMILES string of the molecule is CC(=O)N(c1nc(CSc2ccccn2)cs1)c1ccc(C)cc1C. The molecule has 1 amide bonds. The van der Waals surface area contributed by atoms with E-state index in [1.165, 1.54) is 16.9 Å². The van der Waals surface area contributed by atoms with Crippen LogP contribution in [0.5, 0.6) is 0 Å². The second-order valence-electron chi connectivity index (χ2n) is 5.72. The summed E-state index contributed by atoms with van der Waals surface area (Å²) in [7, 11) is 0. The summed E-state index contributed by atoms with van der Waals surface area (Å²) in [6, 6.07) is 11.9. The first kappa shape index (κ1) is 17.6. The van der Waals surface area contributed by atoms with Gasteiger partial charge in [-0.15, -0.1) is 23.1 Å². The van der Waals surface area contributed by atoms with Crippen LogP contribution in [-0.4, -0.2) is 15.9 Å². The van der Waals surface area contributed by atoms with Gasteiger partial charge in [0.2, 0.25) is 5.91 Å². The van der Waals surface area contributed by atoms with Gasteiger partial charge in [0.1, 0.15) is 0 Å². The fourth-order valence-corrected chi connectivity index (χ4v) is 4.25. The van der Waals surface area contributed by atoms with Gasteiger partial charge in [0, 0.05) is 24.3 Å². The Hall–Kier alpha value is -2.18. The number of carbonyl (C=O) groups excluding carboxylic acids is 1. The molecule has 0 fully saturated rings. The van der Waals surface area contributed by atoms with Crippen molar-refractivity contribution in [2.75, 3.05) is 4.90 Å². The number of thioether (sulfide) groups is 1. The summed E-state index contributed by atoms with van der Waals surface area (Å²) < 4.78 is 0. The van der Waals surface area contributed by atoms with Crippen LogP contribution in [-0.2, 0) is 10.5 Å². The van der Waals surface area contributed by atoms with Crippen LogP contribution in [0.1, 0.15) is 23.7 Å². The standard InChI is InChI=1S/C19H19N3OS2/c1-13-7-8-17(14(2)10-13)22(15(3)23)19-21-16(12-25-19)11-24-18-6-4-5-9-20-18/h4-10,12H,11H2,1-3H3. The van der Waals surface area contributed by atoms with Gasteiger partial charge in [-0.25, -0.2) is 9.97 Å². The second-order valence-corrected chi connectivity index (χ2v) is 7.55. The Balaban J connectivity index is 1.81. The van der Waals surface area contributed by atoms with Crippen molar-refractivity contribution in [1.29, 1.82) is 0 Å². The Labute approximate surface area is 155 Å². The van der Waals surface area contributed by atoms with Gasteiger partial charge in [0.05, 0.1) is 16.4 Å². The highest BCUT2D eigenvalue weighted by molar-refractivity contribution is 7.98. The van der Waals surface area contributed by atoms with Crippen molar-refractivity contribution < 1.29 is 4.79 Å². The normalized spacial score (nSPS) is 10.7. The molecule has 6 heteroatoms. The maximum Gasteiger partial charge on any atom is 0.230 e. The van der Waals surface area contributed by atoms with Crippen molar-refractivity contribution in [1.82, 2.24) is 9.97 Å². The van der Waals surface area contributed by atoms with Crippen LogP contribution in [0.4, 0.5) is 10.8 Å². The molecular weight excluding hydrogens is 350 g/mol. The van der Waals surface area contributed by atoms with Gasteiger partial charge in [-0.05, 0) is 37.6 Å². The van der Waals surface area contributed by atoms with Gasteiger partial charge in [-0.1, -0.05) is 23.8 Å². The molecule has 0 N–H and O–H groups in total. The lowest BCUT2D eigenvalue weighted by molar-refractivity contribution is -0.115. The van der Waals surface area contributed by atoms with Crippen LogP contribution in [0, 0.1) is 13.8 Å². The zero-order chi connectivity index (χ0) is 17.8. The van der Waals surface area contributed by atoms with E-state index in [1.807, 2.05) is 49.6 Å². The first-order chi connectivity index (χ1) is 12.0. The third-order valence-corrected chi connectivity index (χ3v) is 5.50. The zero-order valence-electron chi connectivity index (χ0n) is 14.4. The summed E-state index contributed by atoms with van der Waals surface area (Å²) in [6.45, 7) is 5.64. The van der Waals surface area contributed by atoms with E-state index in [0.717, 1.165) is 27.7 Å². The molecule has 2 aromatic heterocycles. The predicted octanol–water partition coefficient (Wildman–Crippen LogP) is 5.13. The minimum Gasteiger partial charge on any atom is -0.274 e. The number of rotatable bonds is 5. The molecule has 0 aliphatic rings. The first-order valence-electron chi connectivity index (χ1n) is 7.91. The topological polar surface area (TPSA) is 46.1 Å². The third kappa shape index (κ3) is 4.27. The monoisotopic (exact) mass is 369 g/mol. The Morgan fingerprint density at radius 3 is 2.76 bits per heavy atom. The predicted molar refractivity (Wildman–Crippen MR) is 105 cm³/mol. The van der Waals surface area contributed by atoms with Crippen LogP contribution in [0.15, 0.2) is 53.0 Å². The molecule has 2 heterocycles. The molecular formula is C19H19N3OS2. The van der Waals surface area contributed by atoms with Gasteiger partial charge in [0.15, 0.2) is 5.13 Å². The van der Waals surface area contributed by atoms with Crippen molar-refractivity contribution in [3.63, 3.8) is 0 Å². The number of hydrogen-bond donors (Lipinski definition) is 0. The summed E-state index contributed by atoms with van der Waals surface area (Å²) in [6.07, 6.45) is 1.78. The molecule has 0 unspecified atom stereocenters. The molecule has 0 aliphatic heterocycles. The summed E-state index contributed by atoms with van der Waals surface area (Å²) in [5.41, 5.74) is 4.08. The third-order valence-electron chi connectivity index (χ3n) is 3.64. The van der Waals surface area contributed by atoms with Crippen molar-refractivity contribution in [3.05, 3.63) is 64.8 Å². The van der Waals surface area contributed by atoms with Gasteiger partial charge >= 0.3 is 0 Å². The number of carbonyl (C=O) groups is 1. The van der Waals surface area contributed by atoms with E-state index < -0.39 is 0 Å². The minimum absolute atomic E-state index is 0.0368. The number of aromatic nitrogens is 2. The summed E-state index contributed by atoms with van der Waals surface area (Å²) in [4.78, 5) is 22.9. The molecule has 0 saturated heterocycles. The van der Waals surface area contributed by atoms with Gasteiger partial charge < -0.3 is 0 Å². The van der Waals surface area contributed by atoms with Crippen LogP contribution in [0.3, 0.4) is 0 Å². The Kier molecular flexibility index (Phi) is 5.50. The maximum absolute atomic E-state index is 12.2. The van der Waals surface area contributed by atoms with E-state index in [1.54, 1.807) is 29.8 Å². The fraction of sp³-hybridized carbons (Fsp3) is 0.211. The molecule has 0 atom stereocenters. The van der Waals surface area contributed by atoms with Crippen molar-refractivity contribution >= 4 is 39.8 Å². The van der Waals surface area contributed by atoms with E-state index in [9.17, 15) is 4.79 Å². The molecule has 0 bridgehead atoms. The number of nitrogens with zero attached hydrogens (tertiary/aromatic N) is 3. The quantitative estimate of drug-likeness (QED) is 0.585. The Bertz CT molecular complexity index is 877. The summed E-state index contributed by atoms with van der Waals surface area (Å²) >= 11 is 3.13. The lowest BCUT2D eigenvalue weighted by Crippen LogP contribution is -2.23.